The second-order valence-corrected chi connectivity index (χ2v) is 9.75. The van der Waals surface area contributed by atoms with Crippen LogP contribution in [-0.4, -0.2) is 56.9 Å². The summed E-state index contributed by atoms with van der Waals surface area (Å²) < 4.78 is 7.09. The molecule has 0 radical (unpaired) electrons. The number of H-pyrrole nitrogens is 1. The van der Waals surface area contributed by atoms with Crippen molar-refractivity contribution in [1.29, 1.82) is 0 Å². The third-order valence-corrected chi connectivity index (χ3v) is 6.41. The van der Waals surface area contributed by atoms with E-state index in [1.54, 1.807) is 31.3 Å². The molecule has 1 aromatic heterocycles. The Kier molecular flexibility index (Phi) is 8.97. The molecule has 208 valence electrons. The lowest BCUT2D eigenvalue weighted by molar-refractivity contribution is 0.0784. The molecule has 3 aromatic carbocycles. The number of phenolic OH excluding ortho intramolecular Hbond substituents is 1. The molecule has 1 heterocycles. The van der Waals surface area contributed by atoms with E-state index in [1.165, 1.54) is 15.5 Å². The van der Waals surface area contributed by atoms with E-state index in [4.69, 9.17) is 16.3 Å². The molecule has 0 spiro atoms. The number of hydrogen-bond donors (Lipinski definition) is 3. The zero-order chi connectivity index (χ0) is 28.8. The van der Waals surface area contributed by atoms with E-state index in [2.05, 4.69) is 20.7 Å². The first-order valence-corrected chi connectivity index (χ1v) is 12.9. The molecule has 0 fully saturated rings. The molecule has 0 bridgehead atoms. The summed E-state index contributed by atoms with van der Waals surface area (Å²) in [6.45, 7) is 5.39. The Morgan fingerprint density at radius 2 is 1.93 bits per heavy atom. The SMILES string of the molecule is CC(C)NCCOc1ccccc1CN(C)C(=O)c1cc(-c2n[nH]c(=O)n2-c2ccccc2Cl)c(O)cc1N=O. The number of aromatic amines is 1. The Labute approximate surface area is 235 Å². The highest BCUT2D eigenvalue weighted by atomic mass is 35.5. The molecule has 0 aliphatic carbocycles. The van der Waals surface area contributed by atoms with Gasteiger partial charge in [0.25, 0.3) is 5.91 Å². The molecule has 0 atom stereocenters. The summed E-state index contributed by atoms with van der Waals surface area (Å²) in [5.41, 5.74) is 0.173. The van der Waals surface area contributed by atoms with Gasteiger partial charge in [0, 0.05) is 37.8 Å². The fourth-order valence-corrected chi connectivity index (χ4v) is 4.37. The molecule has 40 heavy (non-hydrogen) atoms. The van der Waals surface area contributed by atoms with Crippen molar-refractivity contribution in [3.05, 3.63) is 92.2 Å². The highest BCUT2D eigenvalue weighted by Gasteiger charge is 2.24. The highest BCUT2D eigenvalue weighted by Crippen LogP contribution is 2.36. The van der Waals surface area contributed by atoms with Gasteiger partial charge in [-0.25, -0.2) is 14.5 Å². The van der Waals surface area contributed by atoms with Gasteiger partial charge in [-0.3, -0.25) is 4.79 Å². The molecule has 0 aliphatic heterocycles. The van der Waals surface area contributed by atoms with Crippen LogP contribution >= 0.6 is 11.6 Å². The molecule has 0 aliphatic rings. The van der Waals surface area contributed by atoms with Crippen LogP contribution in [0.5, 0.6) is 11.5 Å². The van der Waals surface area contributed by atoms with Gasteiger partial charge < -0.3 is 20.1 Å². The maximum absolute atomic E-state index is 13.6. The van der Waals surface area contributed by atoms with Gasteiger partial charge in [0.05, 0.1) is 21.8 Å². The quantitative estimate of drug-likeness (QED) is 0.178. The summed E-state index contributed by atoms with van der Waals surface area (Å²) in [4.78, 5) is 39.3. The van der Waals surface area contributed by atoms with E-state index in [0.717, 1.165) is 11.6 Å². The van der Waals surface area contributed by atoms with Crippen molar-refractivity contribution < 1.29 is 14.6 Å². The summed E-state index contributed by atoms with van der Waals surface area (Å²) in [6.07, 6.45) is 0. The van der Waals surface area contributed by atoms with Gasteiger partial charge in [0.2, 0.25) is 0 Å². The van der Waals surface area contributed by atoms with Gasteiger partial charge >= 0.3 is 5.69 Å². The molecular formula is C28H29ClN6O5. The van der Waals surface area contributed by atoms with Crippen LogP contribution in [-0.2, 0) is 6.54 Å². The maximum Gasteiger partial charge on any atom is 0.348 e. The minimum absolute atomic E-state index is 0.00138. The average molecular weight is 565 g/mol. The van der Waals surface area contributed by atoms with E-state index >= 15 is 0 Å². The number of nitrogens with one attached hydrogen (secondary N) is 2. The predicted molar refractivity (Wildman–Crippen MR) is 153 cm³/mol. The van der Waals surface area contributed by atoms with E-state index < -0.39 is 17.3 Å². The summed E-state index contributed by atoms with van der Waals surface area (Å²) in [7, 11) is 1.58. The van der Waals surface area contributed by atoms with Crippen molar-refractivity contribution in [2.24, 2.45) is 5.18 Å². The number of nitrogens with zero attached hydrogens (tertiary/aromatic N) is 4. The standard InChI is InChI=1S/C28H29ClN6O5/c1-17(2)30-12-13-40-25-11-7-4-8-18(25)16-34(3)27(37)19-14-20(24(36)15-22(19)33-39)26-31-32-28(38)35(26)23-10-6-5-9-21(23)29/h4-11,14-15,17,30,36H,12-13,16H2,1-3H3,(H,32,38). The monoisotopic (exact) mass is 564 g/mol. The fraction of sp³-hybridized carbons (Fsp3) is 0.250. The second-order valence-electron chi connectivity index (χ2n) is 9.34. The maximum atomic E-state index is 13.6. The van der Waals surface area contributed by atoms with Crippen molar-refractivity contribution >= 4 is 23.2 Å². The zero-order valence-electron chi connectivity index (χ0n) is 22.2. The first-order chi connectivity index (χ1) is 19.2. The number of ether oxygens (including phenoxy) is 1. The van der Waals surface area contributed by atoms with Crippen LogP contribution in [0, 0.1) is 4.91 Å². The van der Waals surface area contributed by atoms with Crippen molar-refractivity contribution in [3.63, 3.8) is 0 Å². The molecule has 1 amide bonds. The smallest absolute Gasteiger partial charge is 0.348 e. The van der Waals surface area contributed by atoms with Gasteiger partial charge in [-0.15, -0.1) is 4.91 Å². The van der Waals surface area contributed by atoms with Crippen molar-refractivity contribution in [2.75, 3.05) is 20.2 Å². The van der Waals surface area contributed by atoms with Gasteiger partial charge in [-0.05, 0) is 29.4 Å². The van der Waals surface area contributed by atoms with Gasteiger partial charge in [0.15, 0.2) is 5.82 Å². The van der Waals surface area contributed by atoms with Gasteiger partial charge in [-0.2, -0.15) is 5.10 Å². The summed E-state index contributed by atoms with van der Waals surface area (Å²) in [6, 6.07) is 16.7. The van der Waals surface area contributed by atoms with Crippen LogP contribution in [0.25, 0.3) is 17.1 Å². The number of aromatic nitrogens is 3. The molecule has 0 saturated heterocycles. The van der Waals surface area contributed by atoms with Crippen LogP contribution in [0.15, 0.2) is 70.6 Å². The van der Waals surface area contributed by atoms with E-state index in [9.17, 15) is 19.6 Å². The van der Waals surface area contributed by atoms with Crippen LogP contribution in [0.1, 0.15) is 29.8 Å². The third-order valence-electron chi connectivity index (χ3n) is 6.09. The molecule has 0 saturated carbocycles. The first kappa shape index (κ1) is 28.5. The Morgan fingerprint density at radius 1 is 1.20 bits per heavy atom. The van der Waals surface area contributed by atoms with Gasteiger partial charge in [-0.1, -0.05) is 55.8 Å². The highest BCUT2D eigenvalue weighted by molar-refractivity contribution is 6.32. The zero-order valence-corrected chi connectivity index (χ0v) is 23.0. The number of benzene rings is 3. The number of hydrogen-bond acceptors (Lipinski definition) is 8. The summed E-state index contributed by atoms with van der Waals surface area (Å²) >= 11 is 6.31. The average Bonchev–Trinajstić information content (AvgIpc) is 3.32. The molecule has 12 heteroatoms. The number of para-hydroxylation sites is 2. The third kappa shape index (κ3) is 6.22. The number of amides is 1. The predicted octanol–water partition coefficient (Wildman–Crippen LogP) is 4.63. The van der Waals surface area contributed by atoms with Crippen molar-refractivity contribution in [1.82, 2.24) is 25.0 Å². The van der Waals surface area contributed by atoms with Gasteiger partial charge in [0.1, 0.15) is 23.8 Å². The Balaban J connectivity index is 1.65. The minimum atomic E-state index is -0.606. The lowest BCUT2D eigenvalue weighted by Crippen LogP contribution is -2.28. The Bertz CT molecular complexity index is 1580. The Hall–Kier alpha value is -4.48. The topological polar surface area (TPSA) is 142 Å². The lowest BCUT2D eigenvalue weighted by Gasteiger charge is -2.21. The van der Waals surface area contributed by atoms with Crippen LogP contribution < -0.4 is 15.7 Å². The van der Waals surface area contributed by atoms with Crippen LogP contribution in [0.4, 0.5) is 5.69 Å². The van der Waals surface area contributed by atoms with E-state index in [0.29, 0.717) is 30.6 Å². The second kappa shape index (κ2) is 12.6. The first-order valence-electron chi connectivity index (χ1n) is 12.5. The van der Waals surface area contributed by atoms with Crippen LogP contribution in [0.2, 0.25) is 5.02 Å². The van der Waals surface area contributed by atoms with E-state index in [1.807, 2.05) is 38.1 Å². The number of carbonyl (C=O) groups excluding carboxylic acids is 1. The number of halogens is 1. The molecule has 3 N–H and O–H groups in total. The number of carbonyl (C=O) groups is 1. The largest absolute Gasteiger partial charge is 0.507 e. The Morgan fingerprint density at radius 3 is 2.65 bits per heavy atom. The molecule has 0 unspecified atom stereocenters. The number of rotatable bonds is 11. The summed E-state index contributed by atoms with van der Waals surface area (Å²) in [5.74, 6) is -0.296. The fourth-order valence-electron chi connectivity index (χ4n) is 4.15. The minimum Gasteiger partial charge on any atom is -0.507 e. The molecular weight excluding hydrogens is 536 g/mol. The normalized spacial score (nSPS) is 11.0. The molecule has 4 rings (SSSR count). The lowest BCUT2D eigenvalue weighted by atomic mass is 10.0. The van der Waals surface area contributed by atoms with Crippen molar-refractivity contribution in [3.8, 4) is 28.6 Å². The molecule has 11 nitrogen and oxygen atoms in total. The number of aromatic hydroxyl groups is 1. The van der Waals surface area contributed by atoms with E-state index in [-0.39, 0.29) is 34.2 Å². The summed E-state index contributed by atoms with van der Waals surface area (Å²) in [5, 5.41) is 23.6. The van der Waals surface area contributed by atoms with Crippen molar-refractivity contribution in [2.45, 2.75) is 26.4 Å². The number of phenols is 1. The van der Waals surface area contributed by atoms with Crippen LogP contribution in [0.3, 0.4) is 0 Å². The number of nitroso groups, excluding NO2 is 1. The molecule has 4 aromatic rings.